The maximum atomic E-state index is 4.92. The van der Waals surface area contributed by atoms with E-state index in [4.69, 9.17) is 4.99 Å². The first-order valence-electron chi connectivity index (χ1n) is 8.09. The first-order valence-corrected chi connectivity index (χ1v) is 9.14. The fraction of sp³-hybridized carbons (Fsp3) is 0.933. The number of nitrogens with zero attached hydrogens (tertiary/aromatic N) is 3. The van der Waals surface area contributed by atoms with Gasteiger partial charge in [-0.25, -0.2) is 0 Å². The van der Waals surface area contributed by atoms with Gasteiger partial charge in [-0.05, 0) is 39.8 Å². The number of rotatable bonds is 4. The zero-order chi connectivity index (χ0) is 14.4. The van der Waals surface area contributed by atoms with Crippen LogP contribution in [0.4, 0.5) is 0 Å². The molecule has 2 atom stereocenters. The summed E-state index contributed by atoms with van der Waals surface area (Å²) in [5.74, 6) is 2.36. The van der Waals surface area contributed by atoms with Crippen LogP contribution in [0.25, 0.3) is 0 Å². The van der Waals surface area contributed by atoms with E-state index in [0.717, 1.165) is 37.4 Å². The van der Waals surface area contributed by atoms with Gasteiger partial charge >= 0.3 is 0 Å². The molecule has 4 nitrogen and oxygen atoms in total. The fourth-order valence-electron chi connectivity index (χ4n) is 2.99. The second-order valence-electron chi connectivity index (χ2n) is 5.82. The molecule has 0 aromatic rings. The summed E-state index contributed by atoms with van der Waals surface area (Å²) in [5.41, 5.74) is 0. The maximum absolute atomic E-state index is 4.92. The smallest absolute Gasteiger partial charge is 0.194 e. The van der Waals surface area contributed by atoms with E-state index in [2.05, 4.69) is 47.8 Å². The van der Waals surface area contributed by atoms with E-state index < -0.39 is 0 Å². The summed E-state index contributed by atoms with van der Waals surface area (Å²) in [4.78, 5) is 9.83. The highest BCUT2D eigenvalue weighted by molar-refractivity contribution is 14.0. The summed E-state index contributed by atoms with van der Waals surface area (Å²) >= 11 is 2.11. The average Bonchev–Trinajstić information content (AvgIpc) is 2.89. The van der Waals surface area contributed by atoms with E-state index in [-0.39, 0.29) is 24.0 Å². The van der Waals surface area contributed by atoms with Crippen molar-refractivity contribution >= 4 is 41.7 Å². The van der Waals surface area contributed by atoms with Crippen LogP contribution in [0.1, 0.15) is 33.1 Å². The Labute approximate surface area is 151 Å². The predicted octanol–water partition coefficient (Wildman–Crippen LogP) is 2.49. The van der Waals surface area contributed by atoms with Crippen molar-refractivity contribution in [1.82, 2.24) is 15.1 Å². The number of hydrogen-bond acceptors (Lipinski definition) is 3. The number of likely N-dealkylation sites (tertiary alicyclic amines) is 1. The highest BCUT2D eigenvalue weighted by Gasteiger charge is 2.23. The monoisotopic (exact) mass is 426 g/mol. The van der Waals surface area contributed by atoms with Crippen LogP contribution >= 0.6 is 35.7 Å². The summed E-state index contributed by atoms with van der Waals surface area (Å²) < 4.78 is 0. The number of halogens is 1. The van der Waals surface area contributed by atoms with Gasteiger partial charge in [-0.2, -0.15) is 11.8 Å². The molecule has 0 aromatic carbocycles. The zero-order valence-corrected chi connectivity index (χ0v) is 16.8. The van der Waals surface area contributed by atoms with Gasteiger partial charge in [0.15, 0.2) is 5.96 Å². The molecule has 2 rings (SSSR count). The van der Waals surface area contributed by atoms with Crippen LogP contribution in [0.3, 0.4) is 0 Å². The number of thioether (sulfide) groups is 1. The highest BCUT2D eigenvalue weighted by Crippen LogP contribution is 2.21. The average molecular weight is 426 g/mol. The SMILES string of the molecule is CCNC(=NCC1CCCN1C)N1CCSC(CC)C1.I. The molecular formula is C15H31IN4S. The van der Waals surface area contributed by atoms with Gasteiger partial charge in [0.25, 0.3) is 0 Å². The van der Waals surface area contributed by atoms with Crippen LogP contribution in [-0.2, 0) is 0 Å². The number of likely N-dealkylation sites (N-methyl/N-ethyl adjacent to an activating group) is 1. The van der Waals surface area contributed by atoms with Crippen molar-refractivity contribution in [3.63, 3.8) is 0 Å². The van der Waals surface area contributed by atoms with Crippen molar-refractivity contribution in [2.24, 2.45) is 4.99 Å². The minimum Gasteiger partial charge on any atom is -0.357 e. The van der Waals surface area contributed by atoms with Crippen LogP contribution in [0.15, 0.2) is 4.99 Å². The lowest BCUT2D eigenvalue weighted by molar-refractivity contribution is 0.315. The van der Waals surface area contributed by atoms with Crippen LogP contribution in [0, 0.1) is 0 Å². The lowest BCUT2D eigenvalue weighted by Crippen LogP contribution is -2.48. The first kappa shape index (κ1) is 19.4. The second kappa shape index (κ2) is 10.2. The number of guanidine groups is 1. The van der Waals surface area contributed by atoms with E-state index in [0.29, 0.717) is 6.04 Å². The summed E-state index contributed by atoms with van der Waals surface area (Å²) in [5, 5.41) is 4.25. The van der Waals surface area contributed by atoms with Gasteiger partial charge in [0.1, 0.15) is 0 Å². The molecule has 0 aliphatic carbocycles. The molecule has 0 aromatic heterocycles. The molecule has 0 bridgehead atoms. The third-order valence-corrected chi connectivity index (χ3v) is 5.72. The molecule has 1 N–H and O–H groups in total. The molecule has 2 aliphatic heterocycles. The van der Waals surface area contributed by atoms with Crippen LogP contribution < -0.4 is 5.32 Å². The predicted molar refractivity (Wildman–Crippen MR) is 105 cm³/mol. The van der Waals surface area contributed by atoms with Crippen LogP contribution in [-0.4, -0.2) is 72.6 Å². The first-order chi connectivity index (χ1) is 9.74. The molecule has 0 amide bonds. The minimum absolute atomic E-state index is 0. The lowest BCUT2D eigenvalue weighted by Gasteiger charge is -2.34. The molecule has 6 heteroatoms. The van der Waals surface area contributed by atoms with Gasteiger partial charge in [0, 0.05) is 36.7 Å². The Morgan fingerprint density at radius 2 is 2.14 bits per heavy atom. The molecule has 124 valence electrons. The van der Waals surface area contributed by atoms with E-state index in [1.807, 2.05) is 0 Å². The van der Waals surface area contributed by atoms with Gasteiger partial charge < -0.3 is 15.1 Å². The molecule has 2 fully saturated rings. The summed E-state index contributed by atoms with van der Waals surface area (Å²) in [7, 11) is 2.23. The minimum atomic E-state index is 0. The van der Waals surface area contributed by atoms with E-state index >= 15 is 0 Å². The summed E-state index contributed by atoms with van der Waals surface area (Å²) in [6, 6.07) is 0.643. The van der Waals surface area contributed by atoms with Gasteiger partial charge in [-0.15, -0.1) is 24.0 Å². The standard InChI is InChI=1S/C15H30N4S.HI/c1-4-14-12-19(9-10-20-14)15(16-5-2)17-11-13-7-6-8-18(13)3;/h13-14H,4-12H2,1-3H3,(H,16,17);1H. The van der Waals surface area contributed by atoms with Crippen LogP contribution in [0.2, 0.25) is 0 Å². The number of hydrogen-bond donors (Lipinski definition) is 1. The molecule has 2 saturated heterocycles. The molecule has 2 unspecified atom stereocenters. The Bertz CT molecular complexity index is 327. The molecule has 2 heterocycles. The Morgan fingerprint density at radius 3 is 2.76 bits per heavy atom. The number of aliphatic imine (C=N–C) groups is 1. The maximum Gasteiger partial charge on any atom is 0.194 e. The van der Waals surface area contributed by atoms with Gasteiger partial charge in [-0.1, -0.05) is 6.92 Å². The normalized spacial score (nSPS) is 27.6. The quantitative estimate of drug-likeness (QED) is 0.425. The zero-order valence-electron chi connectivity index (χ0n) is 13.7. The third kappa shape index (κ3) is 5.78. The summed E-state index contributed by atoms with van der Waals surface area (Å²) in [6.07, 6.45) is 3.88. The Balaban J connectivity index is 0.00000220. The van der Waals surface area contributed by atoms with Gasteiger partial charge in [0.05, 0.1) is 6.54 Å². The molecule has 0 saturated carbocycles. The van der Waals surface area contributed by atoms with Crippen molar-refractivity contribution in [2.75, 3.05) is 45.5 Å². The molecule has 2 aliphatic rings. The Morgan fingerprint density at radius 1 is 1.33 bits per heavy atom. The number of nitrogens with one attached hydrogen (secondary N) is 1. The van der Waals surface area contributed by atoms with Crippen LogP contribution in [0.5, 0.6) is 0 Å². The van der Waals surface area contributed by atoms with Gasteiger partial charge in [0.2, 0.25) is 0 Å². The van der Waals surface area contributed by atoms with E-state index in [1.165, 1.54) is 31.6 Å². The fourth-order valence-corrected chi connectivity index (χ4v) is 4.17. The molecular weight excluding hydrogens is 395 g/mol. The third-order valence-electron chi connectivity index (χ3n) is 4.35. The van der Waals surface area contributed by atoms with Crippen molar-refractivity contribution in [3.8, 4) is 0 Å². The molecule has 21 heavy (non-hydrogen) atoms. The van der Waals surface area contributed by atoms with Crippen molar-refractivity contribution in [1.29, 1.82) is 0 Å². The second-order valence-corrected chi connectivity index (χ2v) is 7.23. The topological polar surface area (TPSA) is 30.9 Å². The van der Waals surface area contributed by atoms with Crippen molar-refractivity contribution in [2.45, 2.75) is 44.4 Å². The largest absolute Gasteiger partial charge is 0.357 e. The van der Waals surface area contributed by atoms with Gasteiger partial charge in [-0.3, -0.25) is 4.99 Å². The summed E-state index contributed by atoms with van der Waals surface area (Å²) in [6.45, 7) is 9.86. The highest BCUT2D eigenvalue weighted by atomic mass is 127. The van der Waals surface area contributed by atoms with E-state index in [1.54, 1.807) is 0 Å². The molecule has 0 spiro atoms. The van der Waals surface area contributed by atoms with Crippen molar-refractivity contribution < 1.29 is 0 Å². The van der Waals surface area contributed by atoms with Crippen molar-refractivity contribution in [3.05, 3.63) is 0 Å². The molecule has 0 radical (unpaired) electrons. The lowest BCUT2D eigenvalue weighted by atomic mass is 10.2. The Hall–Kier alpha value is 0.310. The van der Waals surface area contributed by atoms with E-state index in [9.17, 15) is 0 Å². The Kier molecular flexibility index (Phi) is 9.36.